The summed E-state index contributed by atoms with van der Waals surface area (Å²) in [4.78, 5) is 16.8. The van der Waals surface area contributed by atoms with E-state index in [1.807, 2.05) is 19.9 Å². The van der Waals surface area contributed by atoms with E-state index in [9.17, 15) is 4.79 Å². The van der Waals surface area contributed by atoms with Crippen LogP contribution in [0.25, 0.3) is 0 Å². The van der Waals surface area contributed by atoms with Crippen molar-refractivity contribution >= 4 is 11.7 Å². The summed E-state index contributed by atoms with van der Waals surface area (Å²) >= 11 is 0. The molecule has 0 spiro atoms. The van der Waals surface area contributed by atoms with Gasteiger partial charge in [0.1, 0.15) is 5.82 Å². The molecule has 1 amide bonds. The van der Waals surface area contributed by atoms with E-state index in [1.54, 1.807) is 6.07 Å². The lowest BCUT2D eigenvalue weighted by Gasteiger charge is -2.35. The third kappa shape index (κ3) is 4.43. The van der Waals surface area contributed by atoms with Crippen molar-refractivity contribution in [2.24, 2.45) is 0 Å². The number of pyridine rings is 1. The zero-order valence-corrected chi connectivity index (χ0v) is 13.3. The van der Waals surface area contributed by atoms with Crippen LogP contribution in [0.15, 0.2) is 12.1 Å². The molecular weight excluding hydrogens is 266 g/mol. The number of hydrogen-bond acceptors (Lipinski definition) is 4. The van der Waals surface area contributed by atoms with E-state index in [2.05, 4.69) is 29.5 Å². The number of nitrogens with one attached hydrogen (secondary N) is 2. The average Bonchev–Trinajstić information content (AvgIpc) is 2.37. The fourth-order valence-electron chi connectivity index (χ4n) is 2.70. The molecule has 2 N–H and O–H groups in total. The third-order valence-electron chi connectivity index (χ3n) is 3.61. The Labute approximate surface area is 126 Å². The molecule has 1 fully saturated rings. The van der Waals surface area contributed by atoms with E-state index >= 15 is 0 Å². The molecule has 0 bridgehead atoms. The summed E-state index contributed by atoms with van der Waals surface area (Å²) in [5, 5.41) is 6.26. The van der Waals surface area contributed by atoms with Gasteiger partial charge in [-0.05, 0) is 52.7 Å². The first-order valence-corrected chi connectivity index (χ1v) is 7.57. The quantitative estimate of drug-likeness (QED) is 0.894. The van der Waals surface area contributed by atoms with Gasteiger partial charge in [-0.1, -0.05) is 0 Å². The Kier molecular flexibility index (Phi) is 4.83. The summed E-state index contributed by atoms with van der Waals surface area (Å²) in [5.74, 6) is 0.706. The fraction of sp³-hybridized carbons (Fsp3) is 0.625. The Bertz CT molecular complexity index is 514. The van der Waals surface area contributed by atoms with E-state index in [0.29, 0.717) is 12.2 Å². The van der Waals surface area contributed by atoms with Crippen LogP contribution in [0.1, 0.15) is 49.7 Å². The highest BCUT2D eigenvalue weighted by Gasteiger charge is 2.29. The van der Waals surface area contributed by atoms with Gasteiger partial charge in [-0.3, -0.25) is 4.79 Å². The van der Waals surface area contributed by atoms with Crippen molar-refractivity contribution in [1.29, 1.82) is 0 Å². The van der Waals surface area contributed by atoms with Gasteiger partial charge in [0.2, 0.25) is 0 Å². The summed E-state index contributed by atoms with van der Waals surface area (Å²) in [6, 6.07) is 3.79. The molecule has 2 heterocycles. The van der Waals surface area contributed by atoms with E-state index in [1.165, 1.54) is 0 Å². The molecule has 0 aliphatic carbocycles. The minimum atomic E-state index is -0.167. The standard InChI is InChI=1S/C16H25N3O2/c1-5-17-14-9-12(8-11(2)18-14)15(20)19-13-6-7-21-16(3,4)10-13/h8-9,13H,5-7,10H2,1-4H3,(H,17,18)(H,19,20). The molecule has 1 aromatic rings. The van der Waals surface area contributed by atoms with Crippen LogP contribution in [-0.2, 0) is 4.74 Å². The zero-order valence-electron chi connectivity index (χ0n) is 13.3. The Morgan fingerprint density at radius 3 is 2.90 bits per heavy atom. The number of carbonyl (C=O) groups is 1. The molecule has 1 aliphatic heterocycles. The van der Waals surface area contributed by atoms with Crippen molar-refractivity contribution in [3.63, 3.8) is 0 Å². The molecule has 2 rings (SSSR count). The SMILES string of the molecule is CCNc1cc(C(=O)NC2CCOC(C)(C)C2)cc(C)n1. The molecule has 1 aliphatic rings. The Morgan fingerprint density at radius 1 is 1.48 bits per heavy atom. The van der Waals surface area contributed by atoms with Gasteiger partial charge in [0.15, 0.2) is 0 Å². The molecule has 0 aromatic carbocycles. The van der Waals surface area contributed by atoms with Crippen LogP contribution >= 0.6 is 0 Å². The fourth-order valence-corrected chi connectivity index (χ4v) is 2.70. The topological polar surface area (TPSA) is 63.2 Å². The van der Waals surface area contributed by atoms with E-state index in [4.69, 9.17) is 4.74 Å². The molecule has 0 saturated carbocycles. The van der Waals surface area contributed by atoms with Gasteiger partial charge in [-0.2, -0.15) is 0 Å². The second-order valence-electron chi connectivity index (χ2n) is 6.18. The number of nitrogens with zero attached hydrogens (tertiary/aromatic N) is 1. The number of anilines is 1. The molecule has 0 radical (unpaired) electrons. The molecule has 5 nitrogen and oxygen atoms in total. The van der Waals surface area contributed by atoms with Gasteiger partial charge in [-0.25, -0.2) is 4.98 Å². The molecule has 1 unspecified atom stereocenters. The van der Waals surface area contributed by atoms with Crippen LogP contribution in [0.5, 0.6) is 0 Å². The first kappa shape index (κ1) is 15.8. The van der Waals surface area contributed by atoms with Crippen LogP contribution in [0.3, 0.4) is 0 Å². The maximum absolute atomic E-state index is 12.4. The molecular formula is C16H25N3O2. The molecule has 21 heavy (non-hydrogen) atoms. The third-order valence-corrected chi connectivity index (χ3v) is 3.61. The predicted octanol–water partition coefficient (Wildman–Crippen LogP) is 2.51. The Hall–Kier alpha value is -1.62. The maximum Gasteiger partial charge on any atom is 0.251 e. The summed E-state index contributed by atoms with van der Waals surface area (Å²) < 4.78 is 5.68. The summed E-state index contributed by atoms with van der Waals surface area (Å²) in [6.07, 6.45) is 1.70. The highest BCUT2D eigenvalue weighted by atomic mass is 16.5. The zero-order chi connectivity index (χ0) is 15.5. The van der Waals surface area contributed by atoms with Crippen molar-refractivity contribution in [3.8, 4) is 0 Å². The van der Waals surface area contributed by atoms with Crippen LogP contribution in [0.2, 0.25) is 0 Å². The maximum atomic E-state index is 12.4. The Morgan fingerprint density at radius 2 is 2.24 bits per heavy atom. The second kappa shape index (κ2) is 6.43. The van der Waals surface area contributed by atoms with E-state index < -0.39 is 0 Å². The predicted molar refractivity (Wildman–Crippen MR) is 83.7 cm³/mol. The summed E-state index contributed by atoms with van der Waals surface area (Å²) in [5.41, 5.74) is 1.33. The molecule has 1 atom stereocenters. The molecule has 116 valence electrons. The smallest absolute Gasteiger partial charge is 0.251 e. The van der Waals surface area contributed by atoms with Gasteiger partial charge < -0.3 is 15.4 Å². The lowest BCUT2D eigenvalue weighted by atomic mass is 9.94. The van der Waals surface area contributed by atoms with Gasteiger partial charge in [0, 0.05) is 30.5 Å². The van der Waals surface area contributed by atoms with Crippen LogP contribution in [-0.4, -0.2) is 35.7 Å². The van der Waals surface area contributed by atoms with Crippen molar-refractivity contribution in [1.82, 2.24) is 10.3 Å². The minimum Gasteiger partial charge on any atom is -0.375 e. The van der Waals surface area contributed by atoms with Crippen molar-refractivity contribution < 1.29 is 9.53 Å². The van der Waals surface area contributed by atoms with Crippen molar-refractivity contribution in [2.75, 3.05) is 18.5 Å². The number of carbonyl (C=O) groups excluding carboxylic acids is 1. The van der Waals surface area contributed by atoms with Crippen molar-refractivity contribution in [3.05, 3.63) is 23.4 Å². The number of aromatic nitrogens is 1. The highest BCUT2D eigenvalue weighted by molar-refractivity contribution is 5.95. The monoisotopic (exact) mass is 291 g/mol. The largest absolute Gasteiger partial charge is 0.375 e. The lowest BCUT2D eigenvalue weighted by molar-refractivity contribution is -0.0615. The van der Waals surface area contributed by atoms with Crippen molar-refractivity contribution in [2.45, 2.75) is 52.2 Å². The van der Waals surface area contributed by atoms with E-state index in [0.717, 1.165) is 30.9 Å². The Balaban J connectivity index is 2.06. The summed E-state index contributed by atoms with van der Waals surface area (Å²) in [7, 11) is 0. The highest BCUT2D eigenvalue weighted by Crippen LogP contribution is 2.24. The first-order chi connectivity index (χ1) is 9.89. The average molecular weight is 291 g/mol. The first-order valence-electron chi connectivity index (χ1n) is 7.57. The molecule has 5 heteroatoms. The summed E-state index contributed by atoms with van der Waals surface area (Å²) in [6.45, 7) is 9.50. The van der Waals surface area contributed by atoms with Crippen LogP contribution < -0.4 is 10.6 Å². The normalized spacial score (nSPS) is 20.9. The van der Waals surface area contributed by atoms with E-state index in [-0.39, 0.29) is 17.6 Å². The van der Waals surface area contributed by atoms with Gasteiger partial charge in [-0.15, -0.1) is 0 Å². The number of aryl methyl sites for hydroxylation is 1. The number of ether oxygens (including phenoxy) is 1. The number of amides is 1. The molecule has 1 aromatic heterocycles. The van der Waals surface area contributed by atoms with Crippen LogP contribution in [0.4, 0.5) is 5.82 Å². The van der Waals surface area contributed by atoms with Gasteiger partial charge in [0.05, 0.1) is 5.60 Å². The number of rotatable bonds is 4. The second-order valence-corrected chi connectivity index (χ2v) is 6.18. The minimum absolute atomic E-state index is 0.0395. The van der Waals surface area contributed by atoms with Gasteiger partial charge >= 0.3 is 0 Å². The van der Waals surface area contributed by atoms with Gasteiger partial charge in [0.25, 0.3) is 5.91 Å². The lowest BCUT2D eigenvalue weighted by Crippen LogP contribution is -2.45. The number of hydrogen-bond donors (Lipinski definition) is 2. The van der Waals surface area contributed by atoms with Crippen LogP contribution in [0, 0.1) is 6.92 Å². The molecule has 1 saturated heterocycles.